The highest BCUT2D eigenvalue weighted by atomic mass is 35.5. The number of carboxylic acids is 1. The molecule has 5 rings (SSSR count). The van der Waals surface area contributed by atoms with Crippen LogP contribution in [0, 0.1) is 5.82 Å². The number of aryl methyl sites for hydroxylation is 1. The van der Waals surface area contributed by atoms with Crippen LogP contribution in [0.25, 0.3) is 22.5 Å². The lowest BCUT2D eigenvalue weighted by Gasteiger charge is -2.17. The summed E-state index contributed by atoms with van der Waals surface area (Å²) in [5, 5.41) is 31.2. The van der Waals surface area contributed by atoms with E-state index in [0.29, 0.717) is 28.4 Å². The van der Waals surface area contributed by atoms with E-state index >= 15 is 4.39 Å². The van der Waals surface area contributed by atoms with Crippen LogP contribution in [0.15, 0.2) is 72.8 Å². The third-order valence-electron chi connectivity index (χ3n) is 6.99. The number of hydrogen-bond donors (Lipinski definition) is 3. The lowest BCUT2D eigenvalue weighted by molar-refractivity contribution is -0.137. The molecule has 1 unspecified atom stereocenters. The van der Waals surface area contributed by atoms with Crippen LogP contribution < -0.4 is 5.32 Å². The Bertz CT molecular complexity index is 1740. The first-order valence-electron chi connectivity index (χ1n) is 13.8. The Kier molecular flexibility index (Phi) is 9.21. The first-order valence-corrected chi connectivity index (χ1v) is 14.1. The van der Waals surface area contributed by atoms with E-state index in [-0.39, 0.29) is 25.1 Å². The molecule has 0 bridgehead atoms. The van der Waals surface area contributed by atoms with Crippen LogP contribution in [-0.2, 0) is 24.2 Å². The van der Waals surface area contributed by atoms with Gasteiger partial charge in [0.25, 0.3) is 5.91 Å². The number of H-pyrrole nitrogens is 1. The number of halogens is 2. The van der Waals surface area contributed by atoms with Crippen LogP contribution in [0.3, 0.4) is 0 Å². The Morgan fingerprint density at radius 2 is 1.81 bits per heavy atom. The summed E-state index contributed by atoms with van der Waals surface area (Å²) < 4.78 is 17.1. The van der Waals surface area contributed by atoms with Gasteiger partial charge in [0, 0.05) is 27.9 Å². The molecule has 0 aliphatic heterocycles. The zero-order valence-electron chi connectivity index (χ0n) is 23.3. The average molecular weight is 602 g/mol. The van der Waals surface area contributed by atoms with Crippen molar-refractivity contribution in [3.63, 3.8) is 0 Å². The number of carbonyl (C=O) groups excluding carboxylic acids is 1. The number of nitrogens with zero attached hydrogens (tertiary/aromatic N) is 5. The first-order chi connectivity index (χ1) is 20.8. The molecule has 220 valence electrons. The molecule has 2 heterocycles. The van der Waals surface area contributed by atoms with Gasteiger partial charge in [0.1, 0.15) is 11.5 Å². The highest BCUT2D eigenvalue weighted by molar-refractivity contribution is 6.31. The number of carboxylic acid groups (broad SMARTS) is 1. The van der Waals surface area contributed by atoms with Crippen molar-refractivity contribution in [1.29, 1.82) is 0 Å². The fourth-order valence-electron chi connectivity index (χ4n) is 4.95. The Balaban J connectivity index is 1.36. The molecule has 10 nitrogen and oxygen atoms in total. The number of carbonyl (C=O) groups is 2. The van der Waals surface area contributed by atoms with E-state index in [2.05, 4.69) is 31.0 Å². The Hall–Kier alpha value is -4.90. The minimum Gasteiger partial charge on any atom is -0.481 e. The second kappa shape index (κ2) is 13.4. The quantitative estimate of drug-likeness (QED) is 0.175. The van der Waals surface area contributed by atoms with Crippen molar-refractivity contribution < 1.29 is 19.1 Å². The van der Waals surface area contributed by atoms with E-state index < -0.39 is 23.7 Å². The van der Waals surface area contributed by atoms with Gasteiger partial charge in [-0.2, -0.15) is 5.10 Å². The normalized spacial score (nSPS) is 11.8. The molecule has 0 aliphatic carbocycles. The highest BCUT2D eigenvalue weighted by Crippen LogP contribution is 2.31. The van der Waals surface area contributed by atoms with E-state index in [1.165, 1.54) is 6.07 Å². The summed E-state index contributed by atoms with van der Waals surface area (Å²) in [5.74, 6) is -1.50. The molecule has 43 heavy (non-hydrogen) atoms. The van der Waals surface area contributed by atoms with Gasteiger partial charge in [-0.3, -0.25) is 14.3 Å². The zero-order valence-corrected chi connectivity index (χ0v) is 24.1. The Morgan fingerprint density at radius 1 is 1.05 bits per heavy atom. The van der Waals surface area contributed by atoms with E-state index in [1.807, 2.05) is 37.3 Å². The predicted octanol–water partition coefficient (Wildman–Crippen LogP) is 5.34. The van der Waals surface area contributed by atoms with Gasteiger partial charge in [0.15, 0.2) is 5.82 Å². The van der Waals surface area contributed by atoms with E-state index in [0.717, 1.165) is 28.8 Å². The van der Waals surface area contributed by atoms with E-state index in [9.17, 15) is 14.7 Å². The van der Waals surface area contributed by atoms with Crippen molar-refractivity contribution in [2.75, 3.05) is 0 Å². The number of hydrogen-bond acceptors (Lipinski definition) is 6. The second-order valence-corrected chi connectivity index (χ2v) is 10.5. The number of aromatic nitrogens is 6. The van der Waals surface area contributed by atoms with Crippen molar-refractivity contribution >= 4 is 23.5 Å². The van der Waals surface area contributed by atoms with Crippen molar-refractivity contribution in [3.8, 4) is 22.5 Å². The van der Waals surface area contributed by atoms with Gasteiger partial charge in [-0.1, -0.05) is 79.5 Å². The van der Waals surface area contributed by atoms with E-state index in [1.54, 1.807) is 41.1 Å². The van der Waals surface area contributed by atoms with Gasteiger partial charge < -0.3 is 10.4 Å². The smallest absolute Gasteiger partial charge is 0.305 e. The fraction of sp³-hybridized carbons (Fsp3) is 0.226. The van der Waals surface area contributed by atoms with Crippen LogP contribution in [0.1, 0.15) is 47.1 Å². The predicted molar refractivity (Wildman–Crippen MR) is 159 cm³/mol. The second-order valence-electron chi connectivity index (χ2n) is 10.1. The van der Waals surface area contributed by atoms with Gasteiger partial charge in [-0.25, -0.2) is 9.49 Å². The summed E-state index contributed by atoms with van der Waals surface area (Å²) in [5.41, 5.74) is 4.19. The molecule has 0 saturated heterocycles. The number of rotatable bonds is 12. The molecule has 3 aromatic carbocycles. The maximum atomic E-state index is 15.5. The van der Waals surface area contributed by atoms with Crippen LogP contribution in [-0.4, -0.2) is 53.4 Å². The Labute approximate surface area is 251 Å². The molecule has 3 N–H and O–H groups in total. The molecule has 1 amide bonds. The van der Waals surface area contributed by atoms with Gasteiger partial charge >= 0.3 is 5.97 Å². The number of aliphatic carboxylic acids is 1. The fourth-order valence-corrected chi connectivity index (χ4v) is 5.17. The number of aromatic amines is 1. The van der Waals surface area contributed by atoms with Crippen LogP contribution in [0.5, 0.6) is 0 Å². The van der Waals surface area contributed by atoms with Crippen LogP contribution >= 0.6 is 11.6 Å². The first kappa shape index (κ1) is 29.6. The zero-order chi connectivity index (χ0) is 30.3. The Morgan fingerprint density at radius 3 is 2.51 bits per heavy atom. The molecule has 0 saturated carbocycles. The third-order valence-corrected chi connectivity index (χ3v) is 7.36. The minimum absolute atomic E-state index is 0.112. The summed E-state index contributed by atoms with van der Waals surface area (Å²) in [6, 6.07) is 20.5. The molecule has 0 fully saturated rings. The van der Waals surface area contributed by atoms with Crippen molar-refractivity contribution in [2.24, 2.45) is 0 Å². The standard InChI is InChI=1S/C31H29ClFN7O3/c1-2-7-23-17-28(31(43)34-22(16-29(41)42)14-20-8-3-6-11-26(20)32)37-40(23)18-21-13-12-19(15-27(21)33)24-9-4-5-10-25(24)30-35-38-39-36-30/h3-6,8-13,15,17,22H,2,7,14,16,18H2,1H3,(H,34,43)(H,41,42)(H,35,36,38,39). The molecule has 1 atom stereocenters. The number of nitrogens with one attached hydrogen (secondary N) is 2. The summed E-state index contributed by atoms with van der Waals surface area (Å²) in [4.78, 5) is 24.8. The SMILES string of the molecule is CCCc1cc(C(=O)NC(CC(=O)O)Cc2ccccc2Cl)nn1Cc1ccc(-c2ccccc2-c2nnn[nH]2)cc1F. The molecular formula is C31H29ClFN7O3. The third kappa shape index (κ3) is 7.12. The maximum Gasteiger partial charge on any atom is 0.305 e. The van der Waals surface area contributed by atoms with Gasteiger partial charge in [0.2, 0.25) is 0 Å². The van der Waals surface area contributed by atoms with Crippen molar-refractivity contribution in [2.45, 2.75) is 45.2 Å². The summed E-state index contributed by atoms with van der Waals surface area (Å²) in [7, 11) is 0. The number of benzene rings is 3. The molecule has 0 aliphatic rings. The molecule has 0 radical (unpaired) electrons. The highest BCUT2D eigenvalue weighted by Gasteiger charge is 2.22. The lowest BCUT2D eigenvalue weighted by atomic mass is 9.98. The molecular weight excluding hydrogens is 573 g/mol. The van der Waals surface area contributed by atoms with Crippen molar-refractivity contribution in [1.82, 2.24) is 35.7 Å². The van der Waals surface area contributed by atoms with Gasteiger partial charge in [-0.15, -0.1) is 5.10 Å². The van der Waals surface area contributed by atoms with Crippen LogP contribution in [0.4, 0.5) is 4.39 Å². The molecule has 5 aromatic rings. The van der Waals surface area contributed by atoms with Crippen molar-refractivity contribution in [3.05, 3.63) is 106 Å². The molecule has 0 spiro atoms. The number of tetrazole rings is 1. The maximum absolute atomic E-state index is 15.5. The molecule has 2 aromatic heterocycles. The minimum atomic E-state index is -1.05. The summed E-state index contributed by atoms with van der Waals surface area (Å²) >= 11 is 6.27. The monoisotopic (exact) mass is 601 g/mol. The van der Waals surface area contributed by atoms with Crippen LogP contribution in [0.2, 0.25) is 5.02 Å². The average Bonchev–Trinajstić information content (AvgIpc) is 3.66. The number of amides is 1. The largest absolute Gasteiger partial charge is 0.481 e. The lowest BCUT2D eigenvalue weighted by Crippen LogP contribution is -2.38. The van der Waals surface area contributed by atoms with Gasteiger partial charge in [-0.05, 0) is 58.2 Å². The summed E-state index contributed by atoms with van der Waals surface area (Å²) in [6.45, 7) is 2.11. The van der Waals surface area contributed by atoms with Gasteiger partial charge in [0.05, 0.1) is 13.0 Å². The van der Waals surface area contributed by atoms with E-state index in [4.69, 9.17) is 11.6 Å². The molecule has 12 heteroatoms. The summed E-state index contributed by atoms with van der Waals surface area (Å²) in [6.07, 6.45) is 1.37. The topological polar surface area (TPSA) is 139 Å².